The molecule has 0 N–H and O–H groups in total. The fraction of sp³-hybridized carbons (Fsp3) is 0.188. The molecule has 2 aromatic carbocycles. The van der Waals surface area contributed by atoms with Gasteiger partial charge in [-0.2, -0.15) is 0 Å². The number of fused-ring (bicyclic) bond motifs is 1. The van der Waals surface area contributed by atoms with E-state index in [0.717, 1.165) is 12.1 Å². The van der Waals surface area contributed by atoms with Crippen molar-refractivity contribution in [3.63, 3.8) is 0 Å². The van der Waals surface area contributed by atoms with Gasteiger partial charge < -0.3 is 0 Å². The van der Waals surface area contributed by atoms with Gasteiger partial charge in [0.15, 0.2) is 0 Å². The van der Waals surface area contributed by atoms with Crippen molar-refractivity contribution in [3.05, 3.63) is 65.7 Å². The van der Waals surface area contributed by atoms with Crippen LogP contribution in [-0.2, 0) is 6.42 Å². The molecule has 1 aliphatic heterocycles. The van der Waals surface area contributed by atoms with E-state index in [0.29, 0.717) is 0 Å². The molecule has 1 nitrogen and oxygen atoms in total. The summed E-state index contributed by atoms with van der Waals surface area (Å²) in [5.41, 5.74) is 4.86. The fourth-order valence-corrected chi connectivity index (χ4v) is 1.93. The van der Waals surface area contributed by atoms with Crippen LogP contribution in [-0.4, -0.2) is 5.71 Å². The van der Waals surface area contributed by atoms with Gasteiger partial charge in [0.05, 0.1) is 11.4 Å². The van der Waals surface area contributed by atoms with E-state index in [1.807, 2.05) is 26.0 Å². The molecule has 0 atom stereocenters. The monoisotopic (exact) mass is 223 g/mol. The average Bonchev–Trinajstić information content (AvgIpc) is 2.86. The third-order valence-corrected chi connectivity index (χ3v) is 2.71. The third-order valence-electron chi connectivity index (χ3n) is 2.71. The first kappa shape index (κ1) is 11.6. The molecule has 0 bridgehead atoms. The highest BCUT2D eigenvalue weighted by atomic mass is 14.8. The molecule has 0 amide bonds. The predicted molar refractivity (Wildman–Crippen MR) is 74.1 cm³/mol. The molecule has 0 aliphatic carbocycles. The second-order valence-electron chi connectivity index (χ2n) is 3.73. The van der Waals surface area contributed by atoms with Gasteiger partial charge in [0.2, 0.25) is 0 Å². The lowest BCUT2D eigenvalue weighted by atomic mass is 10.0. The van der Waals surface area contributed by atoms with Crippen molar-refractivity contribution in [1.29, 1.82) is 0 Å². The number of aliphatic imine (C=N–C) groups is 1. The van der Waals surface area contributed by atoms with Crippen LogP contribution in [0.2, 0.25) is 0 Å². The van der Waals surface area contributed by atoms with Crippen molar-refractivity contribution in [2.45, 2.75) is 20.3 Å². The van der Waals surface area contributed by atoms with Crippen molar-refractivity contribution >= 4 is 11.4 Å². The molecule has 0 saturated heterocycles. The van der Waals surface area contributed by atoms with Crippen molar-refractivity contribution in [2.75, 3.05) is 0 Å². The van der Waals surface area contributed by atoms with E-state index >= 15 is 0 Å². The maximum absolute atomic E-state index is 4.64. The molecule has 1 aliphatic rings. The summed E-state index contributed by atoms with van der Waals surface area (Å²) >= 11 is 0. The van der Waals surface area contributed by atoms with Crippen molar-refractivity contribution in [3.8, 4) is 0 Å². The summed E-state index contributed by atoms with van der Waals surface area (Å²) in [6.07, 6.45) is 0.959. The maximum Gasteiger partial charge on any atom is 0.0669 e. The molecule has 86 valence electrons. The van der Waals surface area contributed by atoms with E-state index in [9.17, 15) is 0 Å². The number of para-hydroxylation sites is 1. The summed E-state index contributed by atoms with van der Waals surface area (Å²) in [6, 6.07) is 18.7. The quantitative estimate of drug-likeness (QED) is 0.680. The summed E-state index contributed by atoms with van der Waals surface area (Å²) < 4.78 is 0. The molecule has 17 heavy (non-hydrogen) atoms. The lowest BCUT2D eigenvalue weighted by Gasteiger charge is -1.98. The molecule has 1 heterocycles. The van der Waals surface area contributed by atoms with Crippen LogP contribution in [0.3, 0.4) is 0 Å². The highest BCUT2D eigenvalue weighted by molar-refractivity contribution is 6.06. The number of benzene rings is 2. The molecule has 0 unspecified atom stereocenters. The summed E-state index contributed by atoms with van der Waals surface area (Å²) in [5, 5.41) is 0. The molecule has 0 fully saturated rings. The van der Waals surface area contributed by atoms with E-state index in [4.69, 9.17) is 0 Å². The molecule has 0 aromatic heterocycles. The van der Waals surface area contributed by atoms with Crippen molar-refractivity contribution in [2.24, 2.45) is 4.99 Å². The molecule has 0 spiro atoms. The van der Waals surface area contributed by atoms with Crippen LogP contribution in [0.1, 0.15) is 25.0 Å². The third kappa shape index (κ3) is 2.44. The molecule has 2 aromatic rings. The van der Waals surface area contributed by atoms with E-state index in [2.05, 4.69) is 47.5 Å². The molecular formula is C16H17N. The topological polar surface area (TPSA) is 12.4 Å². The fourth-order valence-electron chi connectivity index (χ4n) is 1.93. The van der Waals surface area contributed by atoms with Crippen LogP contribution in [0.4, 0.5) is 5.69 Å². The van der Waals surface area contributed by atoms with Gasteiger partial charge in [-0.05, 0) is 17.2 Å². The highest BCUT2D eigenvalue weighted by Gasteiger charge is 2.14. The Balaban J connectivity index is 0.000000514. The normalized spacial score (nSPS) is 12.2. The van der Waals surface area contributed by atoms with E-state index in [-0.39, 0.29) is 0 Å². The lowest BCUT2D eigenvalue weighted by molar-refractivity contribution is 1.39. The zero-order valence-electron chi connectivity index (χ0n) is 10.4. The SMILES string of the molecule is CC.c1ccc(C2=Nc3ccccc3C2)cc1. The van der Waals surface area contributed by atoms with Gasteiger partial charge in [-0.15, -0.1) is 0 Å². The lowest BCUT2D eigenvalue weighted by Crippen LogP contribution is -1.99. The van der Waals surface area contributed by atoms with Crippen molar-refractivity contribution < 1.29 is 0 Å². The summed E-state index contributed by atoms with van der Waals surface area (Å²) in [7, 11) is 0. The molecular weight excluding hydrogens is 206 g/mol. The first-order valence-corrected chi connectivity index (χ1v) is 6.14. The summed E-state index contributed by atoms with van der Waals surface area (Å²) in [5.74, 6) is 0. The molecule has 0 radical (unpaired) electrons. The van der Waals surface area contributed by atoms with Gasteiger partial charge in [0.1, 0.15) is 0 Å². The van der Waals surface area contributed by atoms with E-state index in [1.165, 1.54) is 16.8 Å². The molecule has 3 rings (SSSR count). The standard InChI is InChI=1S/C14H11N.C2H6/c1-2-6-11(7-3-1)14-10-12-8-4-5-9-13(12)15-14;1-2/h1-9H,10H2;1-2H3. The van der Waals surface area contributed by atoms with E-state index < -0.39 is 0 Å². The zero-order valence-corrected chi connectivity index (χ0v) is 10.4. The minimum Gasteiger partial charge on any atom is -0.252 e. The molecule has 1 heteroatoms. The molecule has 0 saturated carbocycles. The Morgan fingerprint density at radius 1 is 0.824 bits per heavy atom. The van der Waals surface area contributed by atoms with Gasteiger partial charge in [-0.25, -0.2) is 0 Å². The Morgan fingerprint density at radius 3 is 2.18 bits per heavy atom. The van der Waals surface area contributed by atoms with Gasteiger partial charge in [-0.3, -0.25) is 4.99 Å². The van der Waals surface area contributed by atoms with Crippen LogP contribution in [0.5, 0.6) is 0 Å². The number of nitrogens with zero attached hydrogens (tertiary/aromatic N) is 1. The van der Waals surface area contributed by atoms with Crippen LogP contribution < -0.4 is 0 Å². The van der Waals surface area contributed by atoms with Crippen LogP contribution in [0.15, 0.2) is 59.6 Å². The van der Waals surface area contributed by atoms with Gasteiger partial charge >= 0.3 is 0 Å². The van der Waals surface area contributed by atoms with Crippen LogP contribution in [0.25, 0.3) is 0 Å². The number of rotatable bonds is 1. The van der Waals surface area contributed by atoms with Crippen LogP contribution >= 0.6 is 0 Å². The first-order chi connectivity index (χ1) is 8.43. The Bertz CT molecular complexity index is 512. The smallest absolute Gasteiger partial charge is 0.0669 e. The highest BCUT2D eigenvalue weighted by Crippen LogP contribution is 2.27. The van der Waals surface area contributed by atoms with Gasteiger partial charge in [0, 0.05) is 6.42 Å². The van der Waals surface area contributed by atoms with Gasteiger partial charge in [-0.1, -0.05) is 62.4 Å². The summed E-state index contributed by atoms with van der Waals surface area (Å²) in [4.78, 5) is 4.64. The Morgan fingerprint density at radius 2 is 1.47 bits per heavy atom. The predicted octanol–water partition coefficient (Wildman–Crippen LogP) is 4.39. The van der Waals surface area contributed by atoms with Gasteiger partial charge in [0.25, 0.3) is 0 Å². The zero-order chi connectivity index (χ0) is 12.1. The van der Waals surface area contributed by atoms with Crippen molar-refractivity contribution in [1.82, 2.24) is 0 Å². The Kier molecular flexibility index (Phi) is 3.71. The Labute approximate surface area is 103 Å². The Hall–Kier alpha value is -1.89. The number of hydrogen-bond donors (Lipinski definition) is 0. The second kappa shape index (κ2) is 5.44. The minimum atomic E-state index is 0.959. The largest absolute Gasteiger partial charge is 0.252 e. The minimum absolute atomic E-state index is 0.959. The maximum atomic E-state index is 4.64. The second-order valence-corrected chi connectivity index (χ2v) is 3.73. The average molecular weight is 223 g/mol. The number of hydrogen-bond acceptors (Lipinski definition) is 1. The van der Waals surface area contributed by atoms with Crippen LogP contribution in [0, 0.1) is 0 Å². The summed E-state index contributed by atoms with van der Waals surface area (Å²) in [6.45, 7) is 4.00. The first-order valence-electron chi connectivity index (χ1n) is 6.14. The van der Waals surface area contributed by atoms with E-state index in [1.54, 1.807) is 0 Å².